The molecule has 0 atom stereocenters. The van der Waals surface area contributed by atoms with E-state index in [2.05, 4.69) is 5.32 Å². The van der Waals surface area contributed by atoms with Gasteiger partial charge in [-0.05, 0) is 67.4 Å². The summed E-state index contributed by atoms with van der Waals surface area (Å²) in [6.45, 7) is 4.04. The summed E-state index contributed by atoms with van der Waals surface area (Å²) in [5.74, 6) is 0.0865. The van der Waals surface area contributed by atoms with E-state index in [1.165, 1.54) is 29.2 Å². The van der Waals surface area contributed by atoms with Crippen molar-refractivity contribution < 1.29 is 18.7 Å². The van der Waals surface area contributed by atoms with Crippen LogP contribution in [0.15, 0.2) is 78.9 Å². The van der Waals surface area contributed by atoms with E-state index in [0.717, 1.165) is 22.5 Å². The van der Waals surface area contributed by atoms with Gasteiger partial charge in [-0.3, -0.25) is 9.59 Å². The average molecular weight is 501 g/mol. The number of carbonyl (C=O) groups is 2. The molecular formula is C29H29FN4O3. The van der Waals surface area contributed by atoms with Gasteiger partial charge in [0.2, 0.25) is 5.91 Å². The lowest BCUT2D eigenvalue weighted by Crippen LogP contribution is -2.38. The van der Waals surface area contributed by atoms with Gasteiger partial charge in [0.05, 0.1) is 18.5 Å². The lowest BCUT2D eigenvalue weighted by molar-refractivity contribution is -0.116. The second-order valence-electron chi connectivity index (χ2n) is 8.57. The molecule has 37 heavy (non-hydrogen) atoms. The molecule has 0 unspecified atom stereocenters. The number of ether oxygens (including phenoxy) is 1. The lowest BCUT2D eigenvalue weighted by Gasteiger charge is -2.22. The molecule has 0 radical (unpaired) electrons. The van der Waals surface area contributed by atoms with Crippen LogP contribution in [0.4, 0.5) is 10.2 Å². The highest BCUT2D eigenvalue weighted by molar-refractivity contribution is 6.01. The number of benzene rings is 3. The first-order valence-electron chi connectivity index (χ1n) is 12.1. The number of nitrogens with one attached hydrogen (secondary N) is 1. The molecule has 1 N–H and O–H groups in total. The Morgan fingerprint density at radius 3 is 2.30 bits per heavy atom. The van der Waals surface area contributed by atoms with Crippen LogP contribution in [0.25, 0.3) is 16.8 Å². The predicted molar refractivity (Wildman–Crippen MR) is 142 cm³/mol. The van der Waals surface area contributed by atoms with E-state index in [1.54, 1.807) is 11.8 Å². The van der Waals surface area contributed by atoms with Crippen LogP contribution in [-0.4, -0.2) is 46.7 Å². The van der Waals surface area contributed by atoms with Crippen molar-refractivity contribution in [3.63, 3.8) is 0 Å². The molecule has 1 aromatic heterocycles. The van der Waals surface area contributed by atoms with Crippen LogP contribution in [0, 0.1) is 12.7 Å². The van der Waals surface area contributed by atoms with Crippen molar-refractivity contribution in [2.75, 3.05) is 25.5 Å². The summed E-state index contributed by atoms with van der Waals surface area (Å²) in [6.07, 6.45) is 0.665. The highest BCUT2D eigenvalue weighted by Crippen LogP contribution is 2.33. The number of amides is 2. The van der Waals surface area contributed by atoms with E-state index < -0.39 is 5.82 Å². The number of halogens is 1. The van der Waals surface area contributed by atoms with Crippen molar-refractivity contribution in [3.05, 3.63) is 95.9 Å². The molecule has 7 nitrogen and oxygen atoms in total. The summed E-state index contributed by atoms with van der Waals surface area (Å²) < 4.78 is 20.3. The molecule has 0 aliphatic rings. The van der Waals surface area contributed by atoms with Crippen LogP contribution < -0.4 is 10.1 Å². The Morgan fingerprint density at radius 1 is 1.00 bits per heavy atom. The maximum atomic E-state index is 13.3. The summed E-state index contributed by atoms with van der Waals surface area (Å²) in [7, 11) is 1.60. The van der Waals surface area contributed by atoms with Gasteiger partial charge in [0.25, 0.3) is 5.91 Å². The van der Waals surface area contributed by atoms with Gasteiger partial charge in [-0.15, -0.1) is 0 Å². The van der Waals surface area contributed by atoms with E-state index in [1.807, 2.05) is 68.4 Å². The minimum Gasteiger partial charge on any atom is -0.497 e. The normalized spacial score (nSPS) is 10.7. The zero-order valence-corrected chi connectivity index (χ0v) is 21.1. The zero-order valence-electron chi connectivity index (χ0n) is 21.1. The Balaban J connectivity index is 1.67. The molecule has 4 rings (SSSR count). The van der Waals surface area contributed by atoms with Gasteiger partial charge in [0.15, 0.2) is 0 Å². The summed E-state index contributed by atoms with van der Waals surface area (Å²) in [4.78, 5) is 27.9. The molecule has 0 aliphatic carbocycles. The molecule has 0 aliphatic heterocycles. The quantitative estimate of drug-likeness (QED) is 0.330. The Labute approximate surface area is 215 Å². The number of carbonyl (C=O) groups excluding carboxylic acids is 2. The van der Waals surface area contributed by atoms with Crippen molar-refractivity contribution in [1.29, 1.82) is 0 Å². The minimum absolute atomic E-state index is 0.162. The summed E-state index contributed by atoms with van der Waals surface area (Å²) in [5, 5.41) is 7.72. The molecule has 0 saturated heterocycles. The second kappa shape index (κ2) is 11.5. The Hall–Kier alpha value is -4.46. The smallest absolute Gasteiger partial charge is 0.254 e. The van der Waals surface area contributed by atoms with Gasteiger partial charge in [-0.1, -0.05) is 37.3 Å². The van der Waals surface area contributed by atoms with Crippen molar-refractivity contribution in [2.24, 2.45) is 0 Å². The topological polar surface area (TPSA) is 76.5 Å². The zero-order chi connectivity index (χ0) is 26.4. The van der Waals surface area contributed by atoms with Crippen LogP contribution in [0.1, 0.15) is 29.4 Å². The van der Waals surface area contributed by atoms with Gasteiger partial charge >= 0.3 is 0 Å². The monoisotopic (exact) mass is 500 g/mol. The fraction of sp³-hybridized carbons (Fsp3) is 0.207. The van der Waals surface area contributed by atoms with E-state index >= 15 is 0 Å². The van der Waals surface area contributed by atoms with Gasteiger partial charge in [0, 0.05) is 17.7 Å². The van der Waals surface area contributed by atoms with Crippen LogP contribution >= 0.6 is 0 Å². The van der Waals surface area contributed by atoms with Crippen molar-refractivity contribution >= 4 is 17.6 Å². The molecule has 0 fully saturated rings. The Kier molecular flexibility index (Phi) is 7.98. The molecule has 190 valence electrons. The van der Waals surface area contributed by atoms with Crippen LogP contribution in [-0.2, 0) is 4.79 Å². The number of hydrogen-bond donors (Lipinski definition) is 1. The SMILES string of the molecule is CCCN(CC(=O)Nc1c(-c2ccccc2)c(C)nn1-c1ccc(OC)cc1)C(=O)c1ccc(F)cc1. The van der Waals surface area contributed by atoms with Crippen molar-refractivity contribution in [1.82, 2.24) is 14.7 Å². The van der Waals surface area contributed by atoms with Crippen molar-refractivity contribution in [3.8, 4) is 22.6 Å². The highest BCUT2D eigenvalue weighted by Gasteiger charge is 2.23. The number of aromatic nitrogens is 2. The molecule has 2 amide bonds. The maximum Gasteiger partial charge on any atom is 0.254 e. The molecule has 1 heterocycles. The third-order valence-electron chi connectivity index (χ3n) is 5.90. The van der Waals surface area contributed by atoms with Crippen molar-refractivity contribution in [2.45, 2.75) is 20.3 Å². The van der Waals surface area contributed by atoms with Gasteiger partial charge < -0.3 is 15.0 Å². The first-order chi connectivity index (χ1) is 17.9. The summed E-state index contributed by atoms with van der Waals surface area (Å²) in [6, 6.07) is 22.4. The van der Waals surface area contributed by atoms with E-state index in [-0.39, 0.29) is 18.4 Å². The van der Waals surface area contributed by atoms with E-state index in [9.17, 15) is 14.0 Å². The number of nitrogens with zero attached hydrogens (tertiary/aromatic N) is 3. The molecule has 0 bridgehead atoms. The average Bonchev–Trinajstić information content (AvgIpc) is 3.24. The maximum absolute atomic E-state index is 13.3. The number of rotatable bonds is 9. The highest BCUT2D eigenvalue weighted by atomic mass is 19.1. The first kappa shape index (κ1) is 25.6. The van der Waals surface area contributed by atoms with Gasteiger partial charge in [-0.2, -0.15) is 5.10 Å². The second-order valence-corrected chi connectivity index (χ2v) is 8.57. The summed E-state index contributed by atoms with van der Waals surface area (Å²) in [5.41, 5.74) is 3.51. The number of anilines is 1. The van der Waals surface area contributed by atoms with Crippen LogP contribution in [0.3, 0.4) is 0 Å². The molecular weight excluding hydrogens is 471 g/mol. The third-order valence-corrected chi connectivity index (χ3v) is 5.90. The third kappa shape index (κ3) is 5.86. The van der Waals surface area contributed by atoms with Gasteiger partial charge in [0.1, 0.15) is 23.9 Å². The fourth-order valence-corrected chi connectivity index (χ4v) is 4.15. The van der Waals surface area contributed by atoms with E-state index in [0.29, 0.717) is 30.1 Å². The van der Waals surface area contributed by atoms with Crippen LogP contribution in [0.5, 0.6) is 5.75 Å². The predicted octanol–water partition coefficient (Wildman–Crippen LogP) is 5.49. The lowest BCUT2D eigenvalue weighted by atomic mass is 10.1. The molecule has 4 aromatic rings. The van der Waals surface area contributed by atoms with Crippen LogP contribution in [0.2, 0.25) is 0 Å². The number of aryl methyl sites for hydroxylation is 1. The molecule has 8 heteroatoms. The minimum atomic E-state index is -0.424. The Morgan fingerprint density at radius 2 is 1.68 bits per heavy atom. The summed E-state index contributed by atoms with van der Waals surface area (Å²) >= 11 is 0. The molecule has 0 saturated carbocycles. The Bertz CT molecular complexity index is 1370. The number of hydrogen-bond acceptors (Lipinski definition) is 4. The van der Waals surface area contributed by atoms with Gasteiger partial charge in [-0.25, -0.2) is 9.07 Å². The number of methoxy groups -OCH3 is 1. The standard InChI is InChI=1S/C29H29FN4O3/c1-4-18-33(29(36)22-10-12-23(30)13-11-22)19-26(35)31-28-27(21-8-6-5-7-9-21)20(2)32-34(28)24-14-16-25(37-3)17-15-24/h5-17H,4,18-19H2,1-3H3,(H,31,35). The molecule has 0 spiro atoms. The fourth-order valence-electron chi connectivity index (χ4n) is 4.15. The molecule has 3 aromatic carbocycles. The first-order valence-corrected chi connectivity index (χ1v) is 12.1. The largest absolute Gasteiger partial charge is 0.497 e. The van der Waals surface area contributed by atoms with E-state index in [4.69, 9.17) is 9.84 Å².